The average Bonchev–Trinajstić information content (AvgIpc) is 2.68. The Balaban J connectivity index is 2.12. The van der Waals surface area contributed by atoms with Crippen molar-refractivity contribution < 1.29 is 9.66 Å². The van der Waals surface area contributed by atoms with Crippen molar-refractivity contribution in [1.29, 1.82) is 0 Å². The summed E-state index contributed by atoms with van der Waals surface area (Å²) < 4.78 is 7.29. The molecule has 0 atom stereocenters. The van der Waals surface area contributed by atoms with Gasteiger partial charge in [0.2, 0.25) is 0 Å². The zero-order chi connectivity index (χ0) is 21.1. The lowest BCUT2D eigenvalue weighted by Crippen LogP contribution is -2.23. The normalized spacial score (nSPS) is 11.5. The van der Waals surface area contributed by atoms with Crippen LogP contribution in [0.15, 0.2) is 50.8 Å². The SMILES string of the molecule is CCOc1ccc(C=Nn2c(C(C)C)nc3ccc(Br)cc3c2=O)cc1[N+](=O)[O-]. The summed E-state index contributed by atoms with van der Waals surface area (Å²) in [6.45, 7) is 5.91. The second kappa shape index (κ2) is 8.52. The predicted molar refractivity (Wildman–Crippen MR) is 115 cm³/mol. The van der Waals surface area contributed by atoms with Gasteiger partial charge in [0.1, 0.15) is 5.82 Å². The van der Waals surface area contributed by atoms with E-state index in [-0.39, 0.29) is 22.9 Å². The number of nitrogens with zero attached hydrogens (tertiary/aromatic N) is 4. The Morgan fingerprint density at radius 3 is 2.72 bits per heavy atom. The molecular weight excluding hydrogens is 440 g/mol. The minimum atomic E-state index is -0.511. The maximum Gasteiger partial charge on any atom is 0.311 e. The van der Waals surface area contributed by atoms with Crippen LogP contribution in [-0.2, 0) is 0 Å². The quantitative estimate of drug-likeness (QED) is 0.308. The molecule has 0 N–H and O–H groups in total. The van der Waals surface area contributed by atoms with Crippen molar-refractivity contribution in [3.8, 4) is 5.75 Å². The van der Waals surface area contributed by atoms with Gasteiger partial charge in [0.25, 0.3) is 5.56 Å². The van der Waals surface area contributed by atoms with E-state index in [1.165, 1.54) is 23.0 Å². The lowest BCUT2D eigenvalue weighted by molar-refractivity contribution is -0.385. The number of aromatic nitrogens is 2. The summed E-state index contributed by atoms with van der Waals surface area (Å²) in [5, 5.41) is 16.0. The third kappa shape index (κ3) is 4.34. The van der Waals surface area contributed by atoms with E-state index in [0.29, 0.717) is 28.9 Å². The van der Waals surface area contributed by atoms with Gasteiger partial charge in [-0.25, -0.2) is 4.98 Å². The standard InChI is InChI=1S/C20H19BrN4O4/c1-4-29-18-8-5-13(9-17(18)25(27)28)11-22-24-19(12(2)3)23-16-7-6-14(21)10-15(16)20(24)26/h5-12H,4H2,1-3H3. The van der Waals surface area contributed by atoms with E-state index in [2.05, 4.69) is 26.0 Å². The molecule has 0 aliphatic carbocycles. The van der Waals surface area contributed by atoms with Gasteiger partial charge in [-0.1, -0.05) is 29.8 Å². The molecule has 0 saturated heterocycles. The third-order valence-electron chi connectivity index (χ3n) is 4.15. The molecule has 0 saturated carbocycles. The van der Waals surface area contributed by atoms with Gasteiger partial charge < -0.3 is 4.74 Å². The first-order valence-electron chi connectivity index (χ1n) is 8.99. The molecule has 0 radical (unpaired) electrons. The van der Waals surface area contributed by atoms with E-state index in [1.54, 1.807) is 25.1 Å². The number of hydrogen-bond acceptors (Lipinski definition) is 6. The monoisotopic (exact) mass is 458 g/mol. The number of hydrogen-bond donors (Lipinski definition) is 0. The van der Waals surface area contributed by atoms with Gasteiger partial charge in [-0.3, -0.25) is 14.9 Å². The summed E-state index contributed by atoms with van der Waals surface area (Å²) in [7, 11) is 0. The van der Waals surface area contributed by atoms with Crippen LogP contribution in [0.4, 0.5) is 5.69 Å². The highest BCUT2D eigenvalue weighted by atomic mass is 79.9. The van der Waals surface area contributed by atoms with Crippen LogP contribution in [0.2, 0.25) is 0 Å². The summed E-state index contributed by atoms with van der Waals surface area (Å²) in [5.74, 6) is 0.635. The first kappa shape index (κ1) is 20.7. The van der Waals surface area contributed by atoms with Gasteiger partial charge in [0.15, 0.2) is 5.75 Å². The van der Waals surface area contributed by atoms with Crippen LogP contribution in [-0.4, -0.2) is 27.4 Å². The predicted octanol–water partition coefficient (Wildman–Crippen LogP) is 4.47. The minimum absolute atomic E-state index is 0.0532. The molecule has 3 aromatic rings. The molecule has 0 aliphatic rings. The zero-order valence-electron chi connectivity index (χ0n) is 16.1. The van der Waals surface area contributed by atoms with Gasteiger partial charge in [0.05, 0.1) is 28.6 Å². The fraction of sp³-hybridized carbons (Fsp3) is 0.250. The molecule has 0 spiro atoms. The molecular formula is C20H19BrN4O4. The number of fused-ring (bicyclic) bond motifs is 1. The molecule has 150 valence electrons. The Labute approximate surface area is 175 Å². The summed E-state index contributed by atoms with van der Waals surface area (Å²) in [4.78, 5) is 28.4. The van der Waals surface area contributed by atoms with Crippen molar-refractivity contribution in [2.75, 3.05) is 6.61 Å². The van der Waals surface area contributed by atoms with Gasteiger partial charge in [0, 0.05) is 22.0 Å². The number of nitro groups is 1. The van der Waals surface area contributed by atoms with Gasteiger partial charge in [-0.15, -0.1) is 0 Å². The smallest absolute Gasteiger partial charge is 0.311 e. The summed E-state index contributed by atoms with van der Waals surface area (Å²) in [5.41, 5.74) is 0.589. The molecule has 29 heavy (non-hydrogen) atoms. The van der Waals surface area contributed by atoms with E-state index >= 15 is 0 Å². The van der Waals surface area contributed by atoms with Crippen molar-refractivity contribution in [2.24, 2.45) is 5.10 Å². The molecule has 9 heteroatoms. The first-order valence-corrected chi connectivity index (χ1v) is 9.79. The van der Waals surface area contributed by atoms with Gasteiger partial charge >= 0.3 is 5.69 Å². The maximum absolute atomic E-state index is 13.0. The Hall–Kier alpha value is -3.07. The van der Waals surface area contributed by atoms with E-state index in [1.807, 2.05) is 19.9 Å². The lowest BCUT2D eigenvalue weighted by atomic mass is 10.2. The Morgan fingerprint density at radius 1 is 1.31 bits per heavy atom. The molecule has 8 nitrogen and oxygen atoms in total. The zero-order valence-corrected chi connectivity index (χ0v) is 17.7. The van der Waals surface area contributed by atoms with Crippen molar-refractivity contribution >= 4 is 38.7 Å². The van der Waals surface area contributed by atoms with Crippen LogP contribution in [0.3, 0.4) is 0 Å². The number of ether oxygens (including phenoxy) is 1. The van der Waals surface area contributed by atoms with E-state index in [0.717, 1.165) is 4.47 Å². The van der Waals surface area contributed by atoms with Crippen LogP contribution in [0.5, 0.6) is 5.75 Å². The third-order valence-corrected chi connectivity index (χ3v) is 4.64. The van der Waals surface area contributed by atoms with Crippen LogP contribution in [0, 0.1) is 10.1 Å². The molecule has 0 fully saturated rings. The van der Waals surface area contributed by atoms with Gasteiger partial charge in [-0.05, 0) is 37.3 Å². The molecule has 0 unspecified atom stereocenters. The molecule has 2 aromatic carbocycles. The van der Waals surface area contributed by atoms with E-state index in [4.69, 9.17) is 4.74 Å². The van der Waals surface area contributed by atoms with Gasteiger partial charge in [-0.2, -0.15) is 9.78 Å². The highest BCUT2D eigenvalue weighted by Gasteiger charge is 2.16. The van der Waals surface area contributed by atoms with Crippen molar-refractivity contribution in [2.45, 2.75) is 26.7 Å². The largest absolute Gasteiger partial charge is 0.487 e. The molecule has 1 aromatic heterocycles. The first-order chi connectivity index (χ1) is 13.8. The Morgan fingerprint density at radius 2 is 2.07 bits per heavy atom. The minimum Gasteiger partial charge on any atom is -0.487 e. The number of benzene rings is 2. The van der Waals surface area contributed by atoms with Crippen molar-refractivity contribution in [3.63, 3.8) is 0 Å². The Bertz CT molecular complexity index is 1170. The van der Waals surface area contributed by atoms with Crippen molar-refractivity contribution in [3.05, 3.63) is 72.7 Å². The molecule has 0 bridgehead atoms. The van der Waals surface area contributed by atoms with Crippen LogP contribution in [0.1, 0.15) is 38.1 Å². The fourth-order valence-corrected chi connectivity index (χ4v) is 3.17. The second-order valence-electron chi connectivity index (χ2n) is 6.56. The molecule has 1 heterocycles. The second-order valence-corrected chi connectivity index (χ2v) is 7.48. The number of nitro benzene ring substituents is 1. The molecule has 3 rings (SSSR count). The Kier molecular flexibility index (Phi) is 6.07. The fourth-order valence-electron chi connectivity index (χ4n) is 2.81. The summed E-state index contributed by atoms with van der Waals surface area (Å²) in [6.07, 6.45) is 1.40. The molecule has 0 aliphatic heterocycles. The summed E-state index contributed by atoms with van der Waals surface area (Å²) >= 11 is 3.37. The van der Waals surface area contributed by atoms with Crippen LogP contribution in [0.25, 0.3) is 10.9 Å². The molecule has 0 amide bonds. The number of rotatable bonds is 6. The highest BCUT2D eigenvalue weighted by molar-refractivity contribution is 9.10. The maximum atomic E-state index is 13.0. The van der Waals surface area contributed by atoms with E-state index < -0.39 is 4.92 Å². The van der Waals surface area contributed by atoms with Crippen molar-refractivity contribution in [1.82, 2.24) is 9.66 Å². The topological polar surface area (TPSA) is 99.6 Å². The number of halogens is 1. The summed E-state index contributed by atoms with van der Waals surface area (Å²) in [6, 6.07) is 9.82. The lowest BCUT2D eigenvalue weighted by Gasteiger charge is -2.12. The van der Waals surface area contributed by atoms with Crippen LogP contribution < -0.4 is 10.3 Å². The van der Waals surface area contributed by atoms with E-state index in [9.17, 15) is 14.9 Å². The van der Waals surface area contributed by atoms with Crippen LogP contribution >= 0.6 is 15.9 Å². The highest BCUT2D eigenvalue weighted by Crippen LogP contribution is 2.27. The average molecular weight is 459 g/mol.